The van der Waals surface area contributed by atoms with E-state index < -0.39 is 0 Å². The number of halogens is 2. The van der Waals surface area contributed by atoms with Gasteiger partial charge in [-0.15, -0.1) is 0 Å². The van der Waals surface area contributed by atoms with Crippen LogP contribution in [0.4, 0.5) is 10.1 Å². The summed E-state index contributed by atoms with van der Waals surface area (Å²) in [5.74, 6) is 0.764. The first-order valence-corrected chi connectivity index (χ1v) is 5.43. The van der Waals surface area contributed by atoms with E-state index in [4.69, 9.17) is 10.5 Å². The monoisotopic (exact) mass is 281 g/mol. The maximum absolute atomic E-state index is 13.0. The Morgan fingerprint density at radius 1 is 1.12 bits per heavy atom. The van der Waals surface area contributed by atoms with Crippen LogP contribution in [0.25, 0.3) is 0 Å². The highest BCUT2D eigenvalue weighted by Crippen LogP contribution is 2.29. The molecule has 2 rings (SSSR count). The molecule has 0 bridgehead atoms. The molecule has 0 radical (unpaired) electrons. The van der Waals surface area contributed by atoms with E-state index in [1.54, 1.807) is 24.3 Å². The summed E-state index contributed by atoms with van der Waals surface area (Å²) in [6.45, 7) is 0. The zero-order valence-electron chi connectivity index (χ0n) is 8.28. The van der Waals surface area contributed by atoms with Gasteiger partial charge in [0, 0.05) is 0 Å². The average molecular weight is 282 g/mol. The van der Waals surface area contributed by atoms with E-state index in [-0.39, 0.29) is 5.82 Å². The minimum absolute atomic E-state index is 0.326. The van der Waals surface area contributed by atoms with Crippen molar-refractivity contribution in [3.63, 3.8) is 0 Å². The highest BCUT2D eigenvalue weighted by molar-refractivity contribution is 9.10. The fraction of sp³-hybridized carbons (Fsp3) is 0. The molecule has 16 heavy (non-hydrogen) atoms. The normalized spacial score (nSPS) is 10.1. The predicted molar refractivity (Wildman–Crippen MR) is 65.0 cm³/mol. The molecule has 0 heterocycles. The quantitative estimate of drug-likeness (QED) is 0.846. The van der Waals surface area contributed by atoms with Crippen LogP contribution >= 0.6 is 15.9 Å². The van der Waals surface area contributed by atoms with Crippen molar-refractivity contribution < 1.29 is 9.13 Å². The summed E-state index contributed by atoms with van der Waals surface area (Å²) in [6, 6.07) is 11.6. The van der Waals surface area contributed by atoms with Crippen molar-refractivity contribution in [2.24, 2.45) is 0 Å². The standard InChI is InChI=1S/C12H9BrFNO/c13-9-7-8(5-6-10(9)14)16-12-4-2-1-3-11(12)15/h1-7H,15H2. The van der Waals surface area contributed by atoms with Gasteiger partial charge in [-0.2, -0.15) is 0 Å². The summed E-state index contributed by atoms with van der Waals surface area (Å²) < 4.78 is 18.9. The van der Waals surface area contributed by atoms with Gasteiger partial charge < -0.3 is 10.5 Å². The molecule has 2 N–H and O–H groups in total. The summed E-state index contributed by atoms with van der Waals surface area (Å²) in [5.41, 5.74) is 6.27. The smallest absolute Gasteiger partial charge is 0.150 e. The molecule has 0 aliphatic rings. The third-order valence-electron chi connectivity index (χ3n) is 2.04. The second-order valence-electron chi connectivity index (χ2n) is 3.22. The summed E-state index contributed by atoms with van der Waals surface area (Å²) in [5, 5.41) is 0. The van der Waals surface area contributed by atoms with Crippen molar-refractivity contribution in [3.8, 4) is 11.5 Å². The second kappa shape index (κ2) is 4.53. The molecule has 2 nitrogen and oxygen atoms in total. The van der Waals surface area contributed by atoms with Gasteiger partial charge in [-0.25, -0.2) is 4.39 Å². The molecule has 0 aliphatic carbocycles. The van der Waals surface area contributed by atoms with Crippen molar-refractivity contribution in [1.82, 2.24) is 0 Å². The Hall–Kier alpha value is -1.55. The highest BCUT2D eigenvalue weighted by atomic mass is 79.9. The molecule has 82 valence electrons. The summed E-state index contributed by atoms with van der Waals surface area (Å²) >= 11 is 3.09. The third-order valence-corrected chi connectivity index (χ3v) is 2.65. The van der Waals surface area contributed by atoms with E-state index >= 15 is 0 Å². The van der Waals surface area contributed by atoms with Crippen LogP contribution in [0.1, 0.15) is 0 Å². The molecule has 0 saturated carbocycles. The molecule has 0 atom stereocenters. The number of hydrogen-bond acceptors (Lipinski definition) is 2. The lowest BCUT2D eigenvalue weighted by Gasteiger charge is -2.08. The molecule has 0 unspecified atom stereocenters. The molecule has 0 aliphatic heterocycles. The van der Waals surface area contributed by atoms with Crippen LogP contribution in [0.15, 0.2) is 46.9 Å². The largest absolute Gasteiger partial charge is 0.455 e. The van der Waals surface area contributed by atoms with Crippen molar-refractivity contribution in [2.75, 3.05) is 5.73 Å². The van der Waals surface area contributed by atoms with Crippen LogP contribution < -0.4 is 10.5 Å². The van der Waals surface area contributed by atoms with Crippen LogP contribution in [0.3, 0.4) is 0 Å². The van der Waals surface area contributed by atoms with E-state index in [0.717, 1.165) is 0 Å². The van der Waals surface area contributed by atoms with Crippen LogP contribution in [-0.4, -0.2) is 0 Å². The molecule has 0 amide bonds. The molecule has 0 fully saturated rings. The zero-order chi connectivity index (χ0) is 11.5. The van der Waals surface area contributed by atoms with E-state index in [0.29, 0.717) is 21.7 Å². The lowest BCUT2D eigenvalue weighted by atomic mass is 10.3. The molecular formula is C12H9BrFNO. The predicted octanol–water partition coefficient (Wildman–Crippen LogP) is 3.96. The minimum Gasteiger partial charge on any atom is -0.455 e. The molecule has 2 aromatic carbocycles. The highest BCUT2D eigenvalue weighted by Gasteiger charge is 2.04. The Bertz CT molecular complexity index is 516. The number of rotatable bonds is 2. The lowest BCUT2D eigenvalue weighted by molar-refractivity contribution is 0.482. The number of para-hydroxylation sites is 2. The van der Waals surface area contributed by atoms with Crippen molar-refractivity contribution in [1.29, 1.82) is 0 Å². The van der Waals surface area contributed by atoms with Gasteiger partial charge in [-0.05, 0) is 46.3 Å². The first-order valence-electron chi connectivity index (χ1n) is 4.64. The van der Waals surface area contributed by atoms with Gasteiger partial charge in [-0.1, -0.05) is 12.1 Å². The van der Waals surface area contributed by atoms with Crippen LogP contribution in [0.2, 0.25) is 0 Å². The number of ether oxygens (including phenoxy) is 1. The summed E-state index contributed by atoms with van der Waals surface area (Å²) in [4.78, 5) is 0. The lowest BCUT2D eigenvalue weighted by Crippen LogP contribution is -1.91. The van der Waals surface area contributed by atoms with Crippen LogP contribution in [0, 0.1) is 5.82 Å². The number of benzene rings is 2. The van der Waals surface area contributed by atoms with Crippen molar-refractivity contribution >= 4 is 21.6 Å². The third kappa shape index (κ3) is 2.33. The fourth-order valence-corrected chi connectivity index (χ4v) is 1.60. The molecule has 0 aromatic heterocycles. The average Bonchev–Trinajstić information content (AvgIpc) is 2.27. The van der Waals surface area contributed by atoms with Crippen molar-refractivity contribution in [3.05, 3.63) is 52.8 Å². The SMILES string of the molecule is Nc1ccccc1Oc1ccc(F)c(Br)c1. The molecule has 2 aromatic rings. The Balaban J connectivity index is 2.28. The number of nitrogen functional groups attached to an aromatic ring is 1. The zero-order valence-corrected chi connectivity index (χ0v) is 9.87. The van der Waals surface area contributed by atoms with Gasteiger partial charge in [0.2, 0.25) is 0 Å². The first kappa shape index (κ1) is 11.0. The fourth-order valence-electron chi connectivity index (χ4n) is 1.24. The van der Waals surface area contributed by atoms with E-state index in [2.05, 4.69) is 15.9 Å². The van der Waals surface area contributed by atoms with Crippen molar-refractivity contribution in [2.45, 2.75) is 0 Å². The summed E-state index contributed by atoms with van der Waals surface area (Å²) in [6.07, 6.45) is 0. The van der Waals surface area contributed by atoms with Gasteiger partial charge in [0.05, 0.1) is 10.2 Å². The maximum Gasteiger partial charge on any atom is 0.150 e. The van der Waals surface area contributed by atoms with E-state index in [1.807, 2.05) is 12.1 Å². The number of anilines is 1. The van der Waals surface area contributed by atoms with Crippen LogP contribution in [0.5, 0.6) is 11.5 Å². The van der Waals surface area contributed by atoms with Crippen LogP contribution in [-0.2, 0) is 0 Å². The Morgan fingerprint density at radius 2 is 1.88 bits per heavy atom. The molecule has 0 spiro atoms. The van der Waals surface area contributed by atoms with Gasteiger partial charge in [-0.3, -0.25) is 0 Å². The van der Waals surface area contributed by atoms with Gasteiger partial charge in [0.15, 0.2) is 0 Å². The van der Waals surface area contributed by atoms with Gasteiger partial charge >= 0.3 is 0 Å². The Labute approximate surface area is 101 Å². The van der Waals surface area contributed by atoms with E-state index in [9.17, 15) is 4.39 Å². The number of hydrogen-bond donors (Lipinski definition) is 1. The molecule has 4 heteroatoms. The molecular weight excluding hydrogens is 273 g/mol. The Morgan fingerprint density at radius 3 is 2.56 bits per heavy atom. The number of nitrogens with two attached hydrogens (primary N) is 1. The minimum atomic E-state index is -0.326. The summed E-state index contributed by atoms with van der Waals surface area (Å²) in [7, 11) is 0. The Kier molecular flexibility index (Phi) is 3.10. The van der Waals surface area contributed by atoms with Gasteiger partial charge in [0.25, 0.3) is 0 Å². The first-order chi connectivity index (χ1) is 7.66. The topological polar surface area (TPSA) is 35.2 Å². The van der Waals surface area contributed by atoms with Gasteiger partial charge in [0.1, 0.15) is 17.3 Å². The van der Waals surface area contributed by atoms with E-state index in [1.165, 1.54) is 6.07 Å². The second-order valence-corrected chi connectivity index (χ2v) is 4.07. The maximum atomic E-state index is 13.0. The molecule has 0 saturated heterocycles.